The molecule has 114 valence electrons. The molecule has 3 rings (SSSR count). The molecule has 21 heavy (non-hydrogen) atoms. The van der Waals surface area contributed by atoms with E-state index in [2.05, 4.69) is 5.32 Å². The summed E-state index contributed by atoms with van der Waals surface area (Å²) in [5.41, 5.74) is 0.418. The van der Waals surface area contributed by atoms with Gasteiger partial charge in [-0.25, -0.2) is 9.18 Å². The highest BCUT2D eigenvalue weighted by molar-refractivity contribution is 5.94. The van der Waals surface area contributed by atoms with Gasteiger partial charge in [0, 0.05) is 24.6 Å². The molecule has 1 aliphatic carbocycles. The molecule has 1 aromatic rings. The van der Waals surface area contributed by atoms with Crippen molar-refractivity contribution >= 4 is 11.7 Å². The van der Waals surface area contributed by atoms with Crippen LogP contribution >= 0.6 is 0 Å². The van der Waals surface area contributed by atoms with Crippen molar-refractivity contribution in [2.75, 3.05) is 18.5 Å². The SMILES string of the molecule is O=C(O)c1cc(F)ccc1NC1CCC2(CC1)OCCO2. The van der Waals surface area contributed by atoms with Crippen LogP contribution in [0.3, 0.4) is 0 Å². The highest BCUT2D eigenvalue weighted by Gasteiger charge is 2.40. The molecule has 0 aromatic heterocycles. The molecule has 0 radical (unpaired) electrons. The van der Waals surface area contributed by atoms with Crippen LogP contribution in [0.2, 0.25) is 0 Å². The molecule has 1 aliphatic heterocycles. The monoisotopic (exact) mass is 295 g/mol. The van der Waals surface area contributed by atoms with Gasteiger partial charge in [-0.2, -0.15) is 0 Å². The van der Waals surface area contributed by atoms with Crippen molar-refractivity contribution in [3.8, 4) is 0 Å². The maximum atomic E-state index is 13.2. The summed E-state index contributed by atoms with van der Waals surface area (Å²) in [7, 11) is 0. The van der Waals surface area contributed by atoms with Crippen LogP contribution in [0.25, 0.3) is 0 Å². The molecule has 1 saturated heterocycles. The maximum Gasteiger partial charge on any atom is 0.337 e. The van der Waals surface area contributed by atoms with Crippen molar-refractivity contribution in [2.45, 2.75) is 37.5 Å². The van der Waals surface area contributed by atoms with E-state index >= 15 is 0 Å². The third-order valence-electron chi connectivity index (χ3n) is 4.13. The number of aromatic carboxylic acids is 1. The van der Waals surface area contributed by atoms with Crippen molar-refractivity contribution in [3.05, 3.63) is 29.6 Å². The fourth-order valence-electron chi connectivity index (χ4n) is 3.03. The molecular weight excluding hydrogens is 277 g/mol. The van der Waals surface area contributed by atoms with Gasteiger partial charge in [0.1, 0.15) is 5.82 Å². The van der Waals surface area contributed by atoms with Crippen molar-refractivity contribution < 1.29 is 23.8 Å². The van der Waals surface area contributed by atoms with Gasteiger partial charge in [0.05, 0.1) is 18.8 Å². The average molecular weight is 295 g/mol. The summed E-state index contributed by atoms with van der Waals surface area (Å²) >= 11 is 0. The van der Waals surface area contributed by atoms with Crippen LogP contribution in [0, 0.1) is 5.82 Å². The van der Waals surface area contributed by atoms with Crippen LogP contribution in [0.15, 0.2) is 18.2 Å². The van der Waals surface area contributed by atoms with Crippen LogP contribution in [0.1, 0.15) is 36.0 Å². The summed E-state index contributed by atoms with van der Waals surface area (Å²) in [4.78, 5) is 11.2. The number of halogens is 1. The van der Waals surface area contributed by atoms with Gasteiger partial charge in [-0.05, 0) is 31.0 Å². The number of hydrogen-bond donors (Lipinski definition) is 2. The number of carboxylic acids is 1. The number of rotatable bonds is 3. The highest BCUT2D eigenvalue weighted by Crippen LogP contribution is 2.36. The van der Waals surface area contributed by atoms with Gasteiger partial charge in [0.2, 0.25) is 0 Å². The summed E-state index contributed by atoms with van der Waals surface area (Å²) < 4.78 is 24.5. The largest absolute Gasteiger partial charge is 0.478 e. The minimum Gasteiger partial charge on any atom is -0.478 e. The van der Waals surface area contributed by atoms with Crippen molar-refractivity contribution in [3.63, 3.8) is 0 Å². The van der Waals surface area contributed by atoms with Gasteiger partial charge in [-0.15, -0.1) is 0 Å². The standard InChI is InChI=1S/C15H18FNO4/c16-10-1-2-13(12(9-10)14(18)19)17-11-3-5-15(6-4-11)20-7-8-21-15/h1-2,9,11,17H,3-8H2,(H,18,19). The van der Waals surface area contributed by atoms with Crippen LogP contribution < -0.4 is 5.32 Å². The fraction of sp³-hybridized carbons (Fsp3) is 0.533. The van der Waals surface area contributed by atoms with E-state index in [1.165, 1.54) is 12.1 Å². The Morgan fingerprint density at radius 2 is 1.95 bits per heavy atom. The second-order valence-electron chi connectivity index (χ2n) is 5.52. The Morgan fingerprint density at radius 3 is 2.57 bits per heavy atom. The van der Waals surface area contributed by atoms with Crippen molar-refractivity contribution in [1.82, 2.24) is 0 Å². The first kappa shape index (κ1) is 14.3. The van der Waals surface area contributed by atoms with Gasteiger partial charge in [-0.1, -0.05) is 0 Å². The minimum absolute atomic E-state index is 0.0383. The minimum atomic E-state index is -1.13. The second-order valence-corrected chi connectivity index (χ2v) is 5.52. The van der Waals surface area contributed by atoms with E-state index in [4.69, 9.17) is 14.6 Å². The number of ether oxygens (including phenoxy) is 2. The molecule has 0 unspecified atom stereocenters. The number of nitrogens with one attached hydrogen (secondary N) is 1. The molecular formula is C15H18FNO4. The molecule has 2 fully saturated rings. The zero-order valence-corrected chi connectivity index (χ0v) is 11.6. The van der Waals surface area contributed by atoms with E-state index < -0.39 is 17.6 Å². The van der Waals surface area contributed by atoms with Gasteiger partial charge >= 0.3 is 5.97 Å². The first-order chi connectivity index (χ1) is 10.1. The zero-order chi connectivity index (χ0) is 14.9. The van der Waals surface area contributed by atoms with E-state index in [0.717, 1.165) is 31.7 Å². The topological polar surface area (TPSA) is 67.8 Å². The first-order valence-electron chi connectivity index (χ1n) is 7.15. The summed E-state index contributed by atoms with van der Waals surface area (Å²) in [6, 6.07) is 3.93. The molecule has 0 bridgehead atoms. The number of carboxylic acid groups (broad SMARTS) is 1. The Labute approximate surface area is 122 Å². The van der Waals surface area contributed by atoms with E-state index in [9.17, 15) is 9.18 Å². The van der Waals surface area contributed by atoms with Crippen LogP contribution in [-0.2, 0) is 9.47 Å². The normalized spacial score (nSPS) is 21.6. The smallest absolute Gasteiger partial charge is 0.337 e. The Bertz CT molecular complexity index is 532. The van der Waals surface area contributed by atoms with E-state index in [1.54, 1.807) is 0 Å². The lowest BCUT2D eigenvalue weighted by molar-refractivity contribution is -0.177. The average Bonchev–Trinajstić information content (AvgIpc) is 2.92. The summed E-state index contributed by atoms with van der Waals surface area (Å²) in [6.45, 7) is 1.28. The van der Waals surface area contributed by atoms with Gasteiger partial charge in [-0.3, -0.25) is 0 Å². The Morgan fingerprint density at radius 1 is 1.29 bits per heavy atom. The molecule has 1 heterocycles. The van der Waals surface area contributed by atoms with E-state index in [1.807, 2.05) is 0 Å². The number of carbonyl (C=O) groups is 1. The van der Waals surface area contributed by atoms with Crippen molar-refractivity contribution in [2.24, 2.45) is 0 Å². The van der Waals surface area contributed by atoms with Crippen LogP contribution in [-0.4, -0.2) is 36.1 Å². The molecule has 1 spiro atoms. The lowest BCUT2D eigenvalue weighted by Crippen LogP contribution is -2.39. The van der Waals surface area contributed by atoms with Crippen LogP contribution in [0.4, 0.5) is 10.1 Å². The summed E-state index contributed by atoms with van der Waals surface area (Å²) in [6.07, 6.45) is 3.23. The first-order valence-corrected chi connectivity index (χ1v) is 7.15. The summed E-state index contributed by atoms with van der Waals surface area (Å²) in [5, 5.41) is 12.3. The van der Waals surface area contributed by atoms with E-state index in [-0.39, 0.29) is 11.6 Å². The molecule has 5 nitrogen and oxygen atoms in total. The lowest BCUT2D eigenvalue weighted by atomic mass is 9.89. The predicted octanol–water partition coefficient (Wildman–Crippen LogP) is 2.62. The van der Waals surface area contributed by atoms with E-state index in [0.29, 0.717) is 18.9 Å². The van der Waals surface area contributed by atoms with Crippen molar-refractivity contribution in [1.29, 1.82) is 0 Å². The molecule has 1 saturated carbocycles. The number of benzene rings is 1. The molecule has 0 atom stereocenters. The molecule has 2 N–H and O–H groups in total. The molecule has 0 amide bonds. The van der Waals surface area contributed by atoms with Gasteiger partial charge < -0.3 is 19.9 Å². The lowest BCUT2D eigenvalue weighted by Gasteiger charge is -2.36. The number of anilines is 1. The fourth-order valence-corrected chi connectivity index (χ4v) is 3.03. The molecule has 2 aliphatic rings. The highest BCUT2D eigenvalue weighted by atomic mass is 19.1. The number of hydrogen-bond acceptors (Lipinski definition) is 4. The quantitative estimate of drug-likeness (QED) is 0.897. The maximum absolute atomic E-state index is 13.2. The molecule has 6 heteroatoms. The molecule has 1 aromatic carbocycles. The second kappa shape index (κ2) is 5.61. The van der Waals surface area contributed by atoms with Gasteiger partial charge in [0.15, 0.2) is 5.79 Å². The Balaban J connectivity index is 1.66. The Hall–Kier alpha value is -1.66. The zero-order valence-electron chi connectivity index (χ0n) is 11.6. The third kappa shape index (κ3) is 3.01. The van der Waals surface area contributed by atoms with Crippen LogP contribution in [0.5, 0.6) is 0 Å². The Kier molecular flexibility index (Phi) is 3.82. The predicted molar refractivity (Wildman–Crippen MR) is 73.9 cm³/mol. The third-order valence-corrected chi connectivity index (χ3v) is 4.13. The summed E-state index contributed by atoms with van der Waals surface area (Å²) in [5.74, 6) is -2.11. The van der Waals surface area contributed by atoms with Gasteiger partial charge in [0.25, 0.3) is 0 Å².